The van der Waals surface area contributed by atoms with Crippen molar-refractivity contribution >= 4 is 11.9 Å². The van der Waals surface area contributed by atoms with Gasteiger partial charge >= 0.3 is 0 Å². The number of nitro benzene ring substituents is 1. The van der Waals surface area contributed by atoms with E-state index < -0.39 is 4.92 Å². The number of allylic oxidation sites excluding steroid dienone is 2. The second kappa shape index (κ2) is 4.92. The van der Waals surface area contributed by atoms with Gasteiger partial charge in [-0.2, -0.15) is 0 Å². The van der Waals surface area contributed by atoms with Crippen LogP contribution in [-0.4, -0.2) is 11.1 Å². The zero-order chi connectivity index (χ0) is 12.1. The maximum absolute atomic E-state index is 10.4. The van der Waals surface area contributed by atoms with Crippen LogP contribution in [0.2, 0.25) is 0 Å². The van der Waals surface area contributed by atoms with Gasteiger partial charge in [0.1, 0.15) is 5.75 Å². The normalized spacial score (nSPS) is 11.6. The van der Waals surface area contributed by atoms with Crippen molar-refractivity contribution in [3.63, 3.8) is 0 Å². The molecule has 0 bridgehead atoms. The summed E-state index contributed by atoms with van der Waals surface area (Å²) in [6.07, 6.45) is 0.983. The molecule has 0 heterocycles. The number of nitrogens with one attached hydrogen (secondary N) is 1. The van der Waals surface area contributed by atoms with Crippen molar-refractivity contribution in [2.24, 2.45) is 5.73 Å². The van der Waals surface area contributed by atoms with Crippen LogP contribution in [0.1, 0.15) is 6.92 Å². The minimum atomic E-state index is -0.495. The monoisotopic (exact) mass is 221 g/mol. The first-order valence-corrected chi connectivity index (χ1v) is 4.43. The second-order valence-electron chi connectivity index (χ2n) is 3.04. The molecule has 3 N–H and O–H groups in total. The summed E-state index contributed by atoms with van der Waals surface area (Å²) in [6, 6.07) is 5.54. The van der Waals surface area contributed by atoms with Crippen LogP contribution >= 0.6 is 0 Å². The summed E-state index contributed by atoms with van der Waals surface area (Å²) in [6.45, 7) is 1.60. The lowest BCUT2D eigenvalue weighted by atomic mass is 10.3. The Balaban J connectivity index is 2.88. The molecule has 0 radical (unpaired) electrons. The molecule has 84 valence electrons. The van der Waals surface area contributed by atoms with Crippen LogP contribution in [0.5, 0.6) is 5.75 Å². The average molecular weight is 221 g/mol. The van der Waals surface area contributed by atoms with E-state index in [0.29, 0.717) is 11.4 Å². The molecule has 0 aliphatic carbocycles. The number of non-ortho nitro benzene ring substituents is 1. The van der Waals surface area contributed by atoms with Crippen LogP contribution in [0.15, 0.2) is 35.7 Å². The van der Waals surface area contributed by atoms with E-state index in [-0.39, 0.29) is 11.4 Å². The predicted molar refractivity (Wildman–Crippen MR) is 59.4 cm³/mol. The van der Waals surface area contributed by atoms with E-state index in [4.69, 9.17) is 15.9 Å². The van der Waals surface area contributed by atoms with Gasteiger partial charge in [-0.3, -0.25) is 10.1 Å². The largest absolute Gasteiger partial charge is 0.454 e. The van der Waals surface area contributed by atoms with E-state index in [1.807, 2.05) is 0 Å². The van der Waals surface area contributed by atoms with E-state index in [0.717, 1.165) is 6.21 Å². The van der Waals surface area contributed by atoms with Crippen molar-refractivity contribution < 1.29 is 9.66 Å². The van der Waals surface area contributed by atoms with E-state index in [1.54, 1.807) is 6.92 Å². The number of benzene rings is 1. The molecule has 16 heavy (non-hydrogen) atoms. The standard InChI is InChI=1S/C10H11N3O3/c1-7(12)10(6-11)16-9-4-2-8(3-5-9)13(14)15/h2-6,11H,12H2,1H3/b10-7+,11-6?. The molecule has 6 nitrogen and oxygen atoms in total. The van der Waals surface area contributed by atoms with Gasteiger partial charge in [-0.1, -0.05) is 0 Å². The molecule has 0 atom stereocenters. The third-order valence-corrected chi connectivity index (χ3v) is 1.80. The molecule has 1 rings (SSSR count). The Bertz CT molecular complexity index is 433. The minimum absolute atomic E-state index is 0.0165. The molecule has 0 fully saturated rings. The van der Waals surface area contributed by atoms with Crippen molar-refractivity contribution in [3.8, 4) is 5.75 Å². The van der Waals surface area contributed by atoms with Crippen LogP contribution in [0.3, 0.4) is 0 Å². The highest BCUT2D eigenvalue weighted by Gasteiger charge is 2.05. The molecule has 1 aromatic carbocycles. The van der Waals surface area contributed by atoms with Gasteiger partial charge in [0.2, 0.25) is 0 Å². The van der Waals surface area contributed by atoms with Crippen LogP contribution in [-0.2, 0) is 0 Å². The van der Waals surface area contributed by atoms with Crippen LogP contribution in [0.25, 0.3) is 0 Å². The second-order valence-corrected chi connectivity index (χ2v) is 3.04. The summed E-state index contributed by atoms with van der Waals surface area (Å²) in [7, 11) is 0. The van der Waals surface area contributed by atoms with Gasteiger partial charge in [0.25, 0.3) is 5.69 Å². The molecular formula is C10H11N3O3. The first kappa shape index (κ1) is 11.7. The summed E-state index contributed by atoms with van der Waals surface area (Å²) < 4.78 is 5.25. The quantitative estimate of drug-likeness (QED) is 0.350. The SMILES string of the molecule is C/C(N)=C(/C=N)Oc1ccc([N+](=O)[O-])cc1. The van der Waals surface area contributed by atoms with Crippen LogP contribution in [0.4, 0.5) is 5.69 Å². The lowest BCUT2D eigenvalue weighted by Crippen LogP contribution is -2.05. The van der Waals surface area contributed by atoms with E-state index in [9.17, 15) is 10.1 Å². The van der Waals surface area contributed by atoms with Gasteiger partial charge < -0.3 is 15.9 Å². The first-order valence-electron chi connectivity index (χ1n) is 4.43. The molecule has 0 aliphatic heterocycles. The third kappa shape index (κ3) is 2.81. The Morgan fingerprint density at radius 2 is 2.06 bits per heavy atom. The Kier molecular flexibility index (Phi) is 3.60. The topological polar surface area (TPSA) is 102 Å². The average Bonchev–Trinajstić information content (AvgIpc) is 2.26. The fourth-order valence-corrected chi connectivity index (χ4v) is 0.987. The van der Waals surface area contributed by atoms with Gasteiger partial charge in [0.05, 0.1) is 11.1 Å². The van der Waals surface area contributed by atoms with Crippen LogP contribution < -0.4 is 10.5 Å². The fraction of sp³-hybridized carbons (Fsp3) is 0.100. The highest BCUT2D eigenvalue weighted by Crippen LogP contribution is 2.19. The van der Waals surface area contributed by atoms with Crippen LogP contribution in [0, 0.1) is 15.5 Å². The fourth-order valence-electron chi connectivity index (χ4n) is 0.987. The first-order chi connectivity index (χ1) is 7.54. The number of ether oxygens (including phenoxy) is 1. The van der Waals surface area contributed by atoms with Gasteiger partial charge in [-0.15, -0.1) is 0 Å². The zero-order valence-corrected chi connectivity index (χ0v) is 8.64. The molecule has 0 saturated heterocycles. The molecule has 0 unspecified atom stereocenters. The number of hydrogen-bond acceptors (Lipinski definition) is 5. The molecule has 0 amide bonds. The van der Waals surface area contributed by atoms with Gasteiger partial charge in [0.15, 0.2) is 5.76 Å². The van der Waals surface area contributed by atoms with Crippen molar-refractivity contribution in [3.05, 3.63) is 45.8 Å². The highest BCUT2D eigenvalue weighted by molar-refractivity contribution is 5.74. The summed E-state index contributed by atoms with van der Waals surface area (Å²) in [5.41, 5.74) is 5.82. The van der Waals surface area contributed by atoms with E-state index in [1.165, 1.54) is 24.3 Å². The van der Waals surface area contributed by atoms with E-state index in [2.05, 4.69) is 0 Å². The van der Waals surface area contributed by atoms with Crippen molar-refractivity contribution in [2.75, 3.05) is 0 Å². The number of nitro groups is 1. The van der Waals surface area contributed by atoms with E-state index >= 15 is 0 Å². The lowest BCUT2D eigenvalue weighted by molar-refractivity contribution is -0.384. The smallest absolute Gasteiger partial charge is 0.269 e. The molecule has 0 aromatic heterocycles. The molecule has 1 aromatic rings. The summed E-state index contributed by atoms with van der Waals surface area (Å²) in [5.74, 6) is 0.614. The van der Waals surface area contributed by atoms with Crippen molar-refractivity contribution in [1.82, 2.24) is 0 Å². The van der Waals surface area contributed by atoms with Crippen molar-refractivity contribution in [1.29, 1.82) is 5.41 Å². The number of hydrogen-bond donors (Lipinski definition) is 2. The third-order valence-electron chi connectivity index (χ3n) is 1.80. The molecule has 0 aliphatic rings. The Hall–Kier alpha value is -2.37. The summed E-state index contributed by atoms with van der Waals surface area (Å²) >= 11 is 0. The number of nitrogens with zero attached hydrogens (tertiary/aromatic N) is 1. The van der Waals surface area contributed by atoms with Gasteiger partial charge in [0, 0.05) is 17.8 Å². The summed E-state index contributed by atoms with van der Waals surface area (Å²) in [5, 5.41) is 17.5. The van der Waals surface area contributed by atoms with Gasteiger partial charge in [-0.05, 0) is 19.1 Å². The molecule has 0 saturated carbocycles. The Morgan fingerprint density at radius 1 is 1.50 bits per heavy atom. The van der Waals surface area contributed by atoms with Crippen molar-refractivity contribution in [2.45, 2.75) is 6.92 Å². The Labute approximate surface area is 92.0 Å². The number of nitrogens with two attached hydrogens (primary N) is 1. The number of rotatable bonds is 4. The Morgan fingerprint density at radius 3 is 2.44 bits per heavy atom. The maximum Gasteiger partial charge on any atom is 0.269 e. The molecule has 0 spiro atoms. The molecular weight excluding hydrogens is 210 g/mol. The predicted octanol–water partition coefficient (Wildman–Crippen LogP) is 1.81. The molecule has 6 heteroatoms. The zero-order valence-electron chi connectivity index (χ0n) is 8.64. The lowest BCUT2D eigenvalue weighted by Gasteiger charge is -2.06. The maximum atomic E-state index is 10.4. The minimum Gasteiger partial charge on any atom is -0.454 e. The highest BCUT2D eigenvalue weighted by atomic mass is 16.6. The summed E-state index contributed by atoms with van der Waals surface area (Å²) in [4.78, 5) is 9.90. The van der Waals surface area contributed by atoms with Gasteiger partial charge in [-0.25, -0.2) is 0 Å².